The van der Waals surface area contributed by atoms with E-state index in [1.807, 2.05) is 24.3 Å². The molecule has 4 N–H and O–H groups in total. The van der Waals surface area contributed by atoms with Crippen LogP contribution in [0.1, 0.15) is 0 Å². The van der Waals surface area contributed by atoms with Gasteiger partial charge >= 0.3 is 0 Å². The Labute approximate surface area is 202 Å². The number of furan rings is 1. The van der Waals surface area contributed by atoms with Gasteiger partial charge in [0.15, 0.2) is 11.4 Å². The molecule has 0 saturated carbocycles. The summed E-state index contributed by atoms with van der Waals surface area (Å²) >= 11 is 0. The maximum Gasteiger partial charge on any atom is 0.240 e. The van der Waals surface area contributed by atoms with E-state index >= 15 is 0 Å². The van der Waals surface area contributed by atoms with Crippen molar-refractivity contribution in [3.05, 3.63) is 48.7 Å². The molecule has 4 heterocycles. The first-order valence-electron chi connectivity index (χ1n) is 11.2. The minimum absolute atomic E-state index is 0.248. The van der Waals surface area contributed by atoms with Gasteiger partial charge in [0, 0.05) is 51.0 Å². The standard InChI is InChI=1S/C22H27N9O3S/c1-24-35(32,33)17-6-4-16(5-7-17)30-12-10-29(11-13-30)9-8-25-22-26-20-15-18(19-3-2-14-34-19)28-31(20)21(23)27-22/h2-7,14-15,24H,8-13H2,1H3,(H3,23,25,26,27). The van der Waals surface area contributed by atoms with Crippen molar-refractivity contribution in [3.63, 3.8) is 0 Å². The molecule has 1 aromatic carbocycles. The molecule has 0 bridgehead atoms. The Kier molecular flexibility index (Phi) is 6.28. The number of benzene rings is 1. The number of nitrogen functional groups attached to an aromatic ring is 1. The first-order valence-corrected chi connectivity index (χ1v) is 12.7. The predicted molar refractivity (Wildman–Crippen MR) is 133 cm³/mol. The summed E-state index contributed by atoms with van der Waals surface area (Å²) < 4.78 is 33.0. The molecule has 5 rings (SSSR count). The van der Waals surface area contributed by atoms with Gasteiger partial charge in [0.1, 0.15) is 5.69 Å². The molecule has 1 fully saturated rings. The third kappa shape index (κ3) is 4.92. The minimum Gasteiger partial charge on any atom is -0.463 e. The SMILES string of the molecule is CNS(=O)(=O)c1ccc(N2CCN(CCNc3nc(N)n4nc(-c5ccco5)cc4n3)CC2)cc1. The fourth-order valence-corrected chi connectivity index (χ4v) is 4.77. The van der Waals surface area contributed by atoms with Crippen molar-refractivity contribution in [1.29, 1.82) is 0 Å². The zero-order valence-corrected chi connectivity index (χ0v) is 20.1. The van der Waals surface area contributed by atoms with Crippen LogP contribution in [0.5, 0.6) is 0 Å². The molecule has 0 amide bonds. The molecule has 0 radical (unpaired) electrons. The van der Waals surface area contributed by atoms with Crippen LogP contribution in [0.4, 0.5) is 17.6 Å². The van der Waals surface area contributed by atoms with E-state index < -0.39 is 10.0 Å². The highest BCUT2D eigenvalue weighted by Gasteiger charge is 2.18. The van der Waals surface area contributed by atoms with Crippen molar-refractivity contribution in [2.75, 3.05) is 62.3 Å². The van der Waals surface area contributed by atoms with Gasteiger partial charge in [0.25, 0.3) is 0 Å². The summed E-state index contributed by atoms with van der Waals surface area (Å²) in [6.07, 6.45) is 1.59. The second kappa shape index (κ2) is 9.52. The average molecular weight is 498 g/mol. The lowest BCUT2D eigenvalue weighted by molar-refractivity contribution is 0.267. The van der Waals surface area contributed by atoms with Gasteiger partial charge in [-0.05, 0) is 43.4 Å². The Balaban J connectivity index is 1.13. The maximum absolute atomic E-state index is 11.9. The van der Waals surface area contributed by atoms with Crippen LogP contribution in [0.2, 0.25) is 0 Å². The smallest absolute Gasteiger partial charge is 0.240 e. The molecule has 0 aliphatic carbocycles. The molecule has 4 aromatic rings. The molecule has 3 aromatic heterocycles. The Morgan fingerprint density at radius 3 is 2.54 bits per heavy atom. The fourth-order valence-electron chi connectivity index (χ4n) is 4.04. The summed E-state index contributed by atoms with van der Waals surface area (Å²) in [6.45, 7) is 5.02. The molecular formula is C22H27N9O3S. The minimum atomic E-state index is -3.42. The van der Waals surface area contributed by atoms with E-state index in [0.29, 0.717) is 29.6 Å². The van der Waals surface area contributed by atoms with Crippen molar-refractivity contribution in [3.8, 4) is 11.5 Å². The normalized spacial score (nSPS) is 15.1. The molecule has 12 nitrogen and oxygen atoms in total. The van der Waals surface area contributed by atoms with Crippen LogP contribution in [-0.2, 0) is 10.0 Å². The lowest BCUT2D eigenvalue weighted by Crippen LogP contribution is -2.47. The summed E-state index contributed by atoms with van der Waals surface area (Å²) in [7, 11) is -2.01. The molecule has 13 heteroatoms. The highest BCUT2D eigenvalue weighted by molar-refractivity contribution is 7.89. The van der Waals surface area contributed by atoms with Crippen molar-refractivity contribution in [2.45, 2.75) is 4.90 Å². The van der Waals surface area contributed by atoms with Crippen molar-refractivity contribution in [2.24, 2.45) is 0 Å². The topological polar surface area (TPSA) is 147 Å². The van der Waals surface area contributed by atoms with Crippen LogP contribution in [0.3, 0.4) is 0 Å². The second-order valence-electron chi connectivity index (χ2n) is 8.14. The van der Waals surface area contributed by atoms with E-state index in [1.54, 1.807) is 24.5 Å². The fraction of sp³-hybridized carbons (Fsp3) is 0.318. The number of piperazine rings is 1. The first kappa shape index (κ1) is 23.1. The van der Waals surface area contributed by atoms with Gasteiger partial charge in [-0.3, -0.25) is 4.90 Å². The van der Waals surface area contributed by atoms with Crippen LogP contribution >= 0.6 is 0 Å². The molecule has 184 valence electrons. The highest BCUT2D eigenvalue weighted by Crippen LogP contribution is 2.21. The zero-order valence-electron chi connectivity index (χ0n) is 19.3. The van der Waals surface area contributed by atoms with E-state index in [1.165, 1.54) is 11.6 Å². The Bertz CT molecular complexity index is 1390. The number of nitrogens with one attached hydrogen (secondary N) is 2. The first-order chi connectivity index (χ1) is 16.9. The number of fused-ring (bicyclic) bond motifs is 1. The lowest BCUT2D eigenvalue weighted by Gasteiger charge is -2.36. The van der Waals surface area contributed by atoms with Crippen LogP contribution in [0.25, 0.3) is 17.1 Å². The van der Waals surface area contributed by atoms with E-state index in [2.05, 4.69) is 34.9 Å². The molecule has 0 unspecified atom stereocenters. The Morgan fingerprint density at radius 2 is 1.86 bits per heavy atom. The molecule has 1 aliphatic heterocycles. The van der Waals surface area contributed by atoms with Crippen molar-refractivity contribution >= 4 is 33.3 Å². The number of anilines is 3. The van der Waals surface area contributed by atoms with Gasteiger partial charge in [-0.15, -0.1) is 0 Å². The third-order valence-corrected chi connectivity index (χ3v) is 7.42. The third-order valence-electron chi connectivity index (χ3n) is 5.99. The number of nitrogens with two attached hydrogens (primary N) is 1. The van der Waals surface area contributed by atoms with Crippen molar-refractivity contribution < 1.29 is 12.8 Å². The molecule has 1 saturated heterocycles. The van der Waals surface area contributed by atoms with Gasteiger partial charge < -0.3 is 20.4 Å². The van der Waals surface area contributed by atoms with Crippen LogP contribution in [0, 0.1) is 0 Å². The van der Waals surface area contributed by atoms with E-state index in [-0.39, 0.29) is 10.8 Å². The molecule has 0 spiro atoms. The number of hydrogen-bond acceptors (Lipinski definition) is 10. The number of hydrogen-bond donors (Lipinski definition) is 3. The van der Waals surface area contributed by atoms with E-state index in [0.717, 1.165) is 38.4 Å². The van der Waals surface area contributed by atoms with E-state index in [4.69, 9.17) is 10.2 Å². The molecule has 0 atom stereocenters. The average Bonchev–Trinajstić information content (AvgIpc) is 3.55. The zero-order chi connectivity index (χ0) is 24.4. The Morgan fingerprint density at radius 1 is 1.09 bits per heavy atom. The number of sulfonamides is 1. The second-order valence-corrected chi connectivity index (χ2v) is 10.0. The van der Waals surface area contributed by atoms with Gasteiger partial charge in [0.05, 0.1) is 11.2 Å². The van der Waals surface area contributed by atoms with E-state index in [9.17, 15) is 8.42 Å². The van der Waals surface area contributed by atoms with Crippen LogP contribution in [-0.4, -0.2) is 79.2 Å². The number of aromatic nitrogens is 4. The summed E-state index contributed by atoms with van der Waals surface area (Å²) in [6, 6.07) is 12.4. The maximum atomic E-state index is 11.9. The van der Waals surface area contributed by atoms with Crippen LogP contribution < -0.4 is 20.7 Å². The molecule has 35 heavy (non-hydrogen) atoms. The van der Waals surface area contributed by atoms with Crippen LogP contribution in [0.15, 0.2) is 58.0 Å². The summed E-state index contributed by atoms with van der Waals surface area (Å²) in [4.78, 5) is 13.7. The molecule has 1 aliphatic rings. The Hall–Kier alpha value is -3.68. The van der Waals surface area contributed by atoms with Gasteiger partial charge in [-0.25, -0.2) is 13.1 Å². The van der Waals surface area contributed by atoms with Crippen molar-refractivity contribution in [1.82, 2.24) is 29.2 Å². The lowest BCUT2D eigenvalue weighted by atomic mass is 10.2. The summed E-state index contributed by atoms with van der Waals surface area (Å²) in [5, 5.41) is 7.65. The summed E-state index contributed by atoms with van der Waals surface area (Å²) in [5.74, 6) is 1.34. The quantitative estimate of drug-likeness (QED) is 0.323. The summed E-state index contributed by atoms with van der Waals surface area (Å²) in [5.41, 5.74) is 8.33. The highest BCUT2D eigenvalue weighted by atomic mass is 32.2. The number of rotatable bonds is 8. The van der Waals surface area contributed by atoms with Gasteiger partial charge in [-0.2, -0.15) is 19.6 Å². The largest absolute Gasteiger partial charge is 0.463 e. The van der Waals surface area contributed by atoms with Gasteiger partial charge in [0.2, 0.25) is 21.9 Å². The number of nitrogens with zero attached hydrogens (tertiary/aromatic N) is 6. The molecular weight excluding hydrogens is 470 g/mol. The monoisotopic (exact) mass is 497 g/mol. The van der Waals surface area contributed by atoms with Gasteiger partial charge in [-0.1, -0.05) is 0 Å². The predicted octanol–water partition coefficient (Wildman–Crippen LogP) is 1.11.